The second-order valence-corrected chi connectivity index (χ2v) is 7.70. The van der Waals surface area contributed by atoms with Crippen LogP contribution in [0.15, 0.2) is 59.6 Å². The van der Waals surface area contributed by atoms with Crippen molar-refractivity contribution in [2.24, 2.45) is 10.7 Å². The second kappa shape index (κ2) is 12.0. The molecule has 7 nitrogen and oxygen atoms in total. The van der Waals surface area contributed by atoms with Gasteiger partial charge in [-0.15, -0.1) is 0 Å². The minimum atomic E-state index is -0.480. The minimum Gasteiger partial charge on any atom is -0.484 e. The fourth-order valence-corrected chi connectivity index (χ4v) is 3.83. The van der Waals surface area contributed by atoms with Gasteiger partial charge in [-0.3, -0.25) is 14.7 Å². The Morgan fingerprint density at radius 2 is 1.81 bits per heavy atom. The molecule has 1 saturated heterocycles. The van der Waals surface area contributed by atoms with Crippen LogP contribution in [0.5, 0.6) is 5.75 Å². The number of hydrogen-bond acceptors (Lipinski definition) is 4. The topological polar surface area (TPSA) is 92.0 Å². The van der Waals surface area contributed by atoms with E-state index in [-0.39, 0.29) is 6.61 Å². The Labute approximate surface area is 184 Å². The van der Waals surface area contributed by atoms with Gasteiger partial charge in [0.15, 0.2) is 12.6 Å². The van der Waals surface area contributed by atoms with Crippen molar-refractivity contribution >= 4 is 11.9 Å². The summed E-state index contributed by atoms with van der Waals surface area (Å²) in [5.41, 5.74) is 7.61. The summed E-state index contributed by atoms with van der Waals surface area (Å²) in [6, 6.07) is 18.7. The molecular weight excluding hydrogens is 390 g/mol. The number of ether oxygens (including phenoxy) is 1. The van der Waals surface area contributed by atoms with Crippen LogP contribution in [0.1, 0.15) is 30.0 Å². The number of benzene rings is 2. The number of hydrogen-bond donors (Lipinski definition) is 3. The zero-order valence-electron chi connectivity index (χ0n) is 18.2. The summed E-state index contributed by atoms with van der Waals surface area (Å²) in [4.78, 5) is 17.7. The van der Waals surface area contributed by atoms with Crippen molar-refractivity contribution in [3.63, 3.8) is 0 Å². The molecule has 3 rings (SSSR count). The smallest absolute Gasteiger partial charge is 0.255 e. The molecule has 0 bridgehead atoms. The van der Waals surface area contributed by atoms with Crippen LogP contribution in [-0.2, 0) is 11.2 Å². The van der Waals surface area contributed by atoms with Crippen molar-refractivity contribution in [3.05, 3.63) is 65.7 Å². The molecule has 31 heavy (non-hydrogen) atoms. The maximum atomic E-state index is 10.8. The number of carbonyl (C=O) groups is 1. The van der Waals surface area contributed by atoms with Gasteiger partial charge in [0, 0.05) is 20.1 Å². The monoisotopic (exact) mass is 423 g/mol. The first-order valence-electron chi connectivity index (χ1n) is 10.9. The summed E-state index contributed by atoms with van der Waals surface area (Å²) in [5.74, 6) is 0.967. The summed E-state index contributed by atoms with van der Waals surface area (Å²) in [6.45, 7) is 3.76. The van der Waals surface area contributed by atoms with E-state index in [1.54, 1.807) is 7.05 Å². The van der Waals surface area contributed by atoms with Crippen molar-refractivity contribution in [1.82, 2.24) is 15.5 Å². The Morgan fingerprint density at radius 1 is 1.10 bits per heavy atom. The molecule has 0 aromatic heterocycles. The number of carbonyl (C=O) groups excluding carboxylic acids is 1. The van der Waals surface area contributed by atoms with Gasteiger partial charge in [0.05, 0.1) is 6.04 Å². The zero-order valence-corrected chi connectivity index (χ0v) is 18.2. The molecule has 1 heterocycles. The molecule has 0 saturated carbocycles. The SMILES string of the molecule is CN=C(NCCc1ccc(OCC(N)=O)cc1)NCC(c1ccccc1)N1CCCC1. The van der Waals surface area contributed by atoms with Crippen molar-refractivity contribution in [2.75, 3.05) is 39.8 Å². The molecule has 1 fully saturated rings. The van der Waals surface area contributed by atoms with Crippen LogP contribution in [0, 0.1) is 0 Å². The molecule has 0 radical (unpaired) electrons. The van der Waals surface area contributed by atoms with E-state index >= 15 is 0 Å². The molecule has 166 valence electrons. The fraction of sp³-hybridized carbons (Fsp3) is 0.417. The molecular formula is C24H33N5O2. The predicted molar refractivity (Wildman–Crippen MR) is 124 cm³/mol. The van der Waals surface area contributed by atoms with Crippen LogP contribution in [0.3, 0.4) is 0 Å². The van der Waals surface area contributed by atoms with E-state index in [0.29, 0.717) is 11.8 Å². The molecule has 2 aromatic carbocycles. The molecule has 0 spiro atoms. The van der Waals surface area contributed by atoms with Crippen LogP contribution in [0.25, 0.3) is 0 Å². The summed E-state index contributed by atoms with van der Waals surface area (Å²) >= 11 is 0. The number of primary amides is 1. The second-order valence-electron chi connectivity index (χ2n) is 7.70. The molecule has 7 heteroatoms. The fourth-order valence-electron chi connectivity index (χ4n) is 3.83. The van der Waals surface area contributed by atoms with E-state index in [1.807, 2.05) is 24.3 Å². The third-order valence-corrected chi connectivity index (χ3v) is 5.46. The van der Waals surface area contributed by atoms with Gasteiger partial charge in [0.25, 0.3) is 5.91 Å². The Kier molecular flexibility index (Phi) is 8.72. The molecule has 1 unspecified atom stereocenters. The Balaban J connectivity index is 1.47. The van der Waals surface area contributed by atoms with Crippen LogP contribution in [0.4, 0.5) is 0 Å². The first kappa shape index (κ1) is 22.6. The number of amides is 1. The maximum absolute atomic E-state index is 10.8. The lowest BCUT2D eigenvalue weighted by Crippen LogP contribution is -2.43. The first-order chi connectivity index (χ1) is 15.2. The number of likely N-dealkylation sites (tertiary alicyclic amines) is 1. The van der Waals surface area contributed by atoms with E-state index in [9.17, 15) is 4.79 Å². The first-order valence-corrected chi connectivity index (χ1v) is 10.9. The van der Waals surface area contributed by atoms with E-state index < -0.39 is 5.91 Å². The van der Waals surface area contributed by atoms with Crippen molar-refractivity contribution < 1.29 is 9.53 Å². The van der Waals surface area contributed by atoms with E-state index in [0.717, 1.165) is 38.6 Å². The van der Waals surface area contributed by atoms with Crippen molar-refractivity contribution in [3.8, 4) is 5.75 Å². The van der Waals surface area contributed by atoms with Crippen LogP contribution in [0.2, 0.25) is 0 Å². The Bertz CT molecular complexity index is 833. The highest BCUT2D eigenvalue weighted by molar-refractivity contribution is 5.79. The third kappa shape index (κ3) is 7.29. The standard InChI is InChI=1S/C24H33N5O2/c1-26-24(27-14-13-19-9-11-21(12-10-19)31-18-23(25)30)28-17-22(29-15-5-6-16-29)20-7-3-2-4-8-20/h2-4,7-12,22H,5-6,13-18H2,1H3,(H2,25,30)(H2,26,27,28). The molecule has 1 aliphatic heterocycles. The summed E-state index contributed by atoms with van der Waals surface area (Å²) in [5, 5.41) is 6.90. The van der Waals surface area contributed by atoms with Crippen molar-refractivity contribution in [1.29, 1.82) is 0 Å². The van der Waals surface area contributed by atoms with Gasteiger partial charge in [-0.1, -0.05) is 42.5 Å². The number of aliphatic imine (C=N–C) groups is 1. The van der Waals surface area contributed by atoms with Gasteiger partial charge in [0.1, 0.15) is 5.75 Å². The van der Waals surface area contributed by atoms with Gasteiger partial charge >= 0.3 is 0 Å². The minimum absolute atomic E-state index is 0.107. The lowest BCUT2D eigenvalue weighted by Gasteiger charge is -2.29. The van der Waals surface area contributed by atoms with Crippen LogP contribution in [-0.4, -0.2) is 56.6 Å². The van der Waals surface area contributed by atoms with Gasteiger partial charge < -0.3 is 21.1 Å². The van der Waals surface area contributed by atoms with E-state index in [4.69, 9.17) is 10.5 Å². The van der Waals surface area contributed by atoms with Crippen LogP contribution < -0.4 is 21.1 Å². The molecule has 1 atom stereocenters. The highest BCUT2D eigenvalue weighted by Gasteiger charge is 2.23. The zero-order chi connectivity index (χ0) is 21.9. The molecule has 4 N–H and O–H groups in total. The van der Waals surface area contributed by atoms with Gasteiger partial charge in [-0.25, -0.2) is 0 Å². The highest BCUT2D eigenvalue weighted by Crippen LogP contribution is 2.24. The average Bonchev–Trinajstić information content (AvgIpc) is 3.33. The Hall–Kier alpha value is -3.06. The predicted octanol–water partition coefficient (Wildman–Crippen LogP) is 2.10. The van der Waals surface area contributed by atoms with E-state index in [1.165, 1.54) is 24.0 Å². The van der Waals surface area contributed by atoms with Crippen LogP contribution >= 0.6 is 0 Å². The highest BCUT2D eigenvalue weighted by atomic mass is 16.5. The van der Waals surface area contributed by atoms with Crippen molar-refractivity contribution in [2.45, 2.75) is 25.3 Å². The normalized spacial score (nSPS) is 15.5. The Morgan fingerprint density at radius 3 is 2.45 bits per heavy atom. The molecule has 1 aliphatic rings. The molecule has 0 aliphatic carbocycles. The average molecular weight is 424 g/mol. The number of nitrogens with one attached hydrogen (secondary N) is 2. The summed E-state index contributed by atoms with van der Waals surface area (Å²) in [7, 11) is 1.80. The quantitative estimate of drug-likeness (QED) is 0.402. The lowest BCUT2D eigenvalue weighted by molar-refractivity contribution is -0.119. The van der Waals surface area contributed by atoms with Gasteiger partial charge in [-0.05, 0) is 55.6 Å². The lowest BCUT2D eigenvalue weighted by atomic mass is 10.1. The third-order valence-electron chi connectivity index (χ3n) is 5.46. The van der Waals surface area contributed by atoms with Gasteiger partial charge in [-0.2, -0.15) is 0 Å². The van der Waals surface area contributed by atoms with Gasteiger partial charge in [0.2, 0.25) is 0 Å². The largest absolute Gasteiger partial charge is 0.484 e. The molecule has 2 aromatic rings. The number of nitrogens with zero attached hydrogens (tertiary/aromatic N) is 2. The summed E-state index contributed by atoms with van der Waals surface area (Å²) in [6.07, 6.45) is 3.39. The number of guanidine groups is 1. The molecule has 1 amide bonds. The summed E-state index contributed by atoms with van der Waals surface area (Å²) < 4.78 is 5.29. The number of rotatable bonds is 10. The number of nitrogens with two attached hydrogens (primary N) is 1. The maximum Gasteiger partial charge on any atom is 0.255 e. The van der Waals surface area contributed by atoms with E-state index in [2.05, 4.69) is 50.9 Å².